The molecule has 0 heterocycles. The molecule has 2 atom stereocenters. The van der Waals surface area contributed by atoms with E-state index in [1.54, 1.807) is 0 Å². The number of hydrogen-bond acceptors (Lipinski definition) is 1. The molecule has 1 aliphatic rings. The monoisotopic (exact) mass is 219 g/mol. The van der Waals surface area contributed by atoms with Crippen molar-refractivity contribution in [3.05, 3.63) is 24.3 Å². The Bertz CT molecular complexity index is 322. The molecular weight excluding hydrogens is 194 g/mol. The third-order valence-electron chi connectivity index (χ3n) is 3.56. The first-order valence-electron chi connectivity index (χ1n) is 6.30. The molecule has 1 heteroatoms. The average molecular weight is 219 g/mol. The molecule has 90 valence electrons. The van der Waals surface area contributed by atoms with Gasteiger partial charge in [-0.1, -0.05) is 39.5 Å². The summed E-state index contributed by atoms with van der Waals surface area (Å²) in [6.07, 6.45) is 6.96. The summed E-state index contributed by atoms with van der Waals surface area (Å²) in [6, 6.07) is 0. The summed E-state index contributed by atoms with van der Waals surface area (Å²) in [5.41, 5.74) is 2.24. The normalized spacial score (nSPS) is 30.9. The molecule has 0 spiro atoms. The maximum Gasteiger partial charge on any atom is 0.0788 e. The zero-order valence-electron chi connectivity index (χ0n) is 11.4. The standard InChI is InChI=1S/C15H25N/c1-11(2)14(12(3)4)16-15(6)10-8-7-9-13(15)5/h8,10,12-13H,1,7,9H2,2-6H3. The van der Waals surface area contributed by atoms with Crippen LogP contribution in [0.2, 0.25) is 0 Å². The second-order valence-electron chi connectivity index (χ2n) is 5.54. The predicted molar refractivity (Wildman–Crippen MR) is 73.0 cm³/mol. The summed E-state index contributed by atoms with van der Waals surface area (Å²) < 4.78 is 0. The fourth-order valence-corrected chi connectivity index (χ4v) is 2.25. The van der Waals surface area contributed by atoms with Gasteiger partial charge in [-0.3, -0.25) is 4.99 Å². The Morgan fingerprint density at radius 1 is 1.50 bits per heavy atom. The molecule has 0 bridgehead atoms. The zero-order chi connectivity index (χ0) is 12.3. The zero-order valence-corrected chi connectivity index (χ0v) is 11.4. The Labute approximate surface area is 100 Å². The van der Waals surface area contributed by atoms with Crippen LogP contribution in [0.1, 0.15) is 47.5 Å². The highest BCUT2D eigenvalue weighted by molar-refractivity contribution is 6.00. The highest BCUT2D eigenvalue weighted by Gasteiger charge is 2.30. The van der Waals surface area contributed by atoms with E-state index in [0.29, 0.717) is 11.8 Å². The van der Waals surface area contributed by atoms with Gasteiger partial charge in [0, 0.05) is 5.71 Å². The van der Waals surface area contributed by atoms with Gasteiger partial charge in [-0.2, -0.15) is 0 Å². The van der Waals surface area contributed by atoms with Gasteiger partial charge in [0.2, 0.25) is 0 Å². The first kappa shape index (κ1) is 13.2. The van der Waals surface area contributed by atoms with Gasteiger partial charge in [0.1, 0.15) is 0 Å². The van der Waals surface area contributed by atoms with Crippen molar-refractivity contribution in [2.45, 2.75) is 53.0 Å². The van der Waals surface area contributed by atoms with Gasteiger partial charge in [-0.25, -0.2) is 0 Å². The number of rotatable bonds is 3. The lowest BCUT2D eigenvalue weighted by atomic mass is 9.79. The van der Waals surface area contributed by atoms with Crippen LogP contribution in [0.5, 0.6) is 0 Å². The number of allylic oxidation sites excluding steroid dienone is 2. The van der Waals surface area contributed by atoms with Crippen LogP contribution in [0.4, 0.5) is 0 Å². The van der Waals surface area contributed by atoms with Crippen molar-refractivity contribution in [2.24, 2.45) is 16.8 Å². The van der Waals surface area contributed by atoms with Gasteiger partial charge < -0.3 is 0 Å². The summed E-state index contributed by atoms with van der Waals surface area (Å²) in [4.78, 5) is 4.98. The van der Waals surface area contributed by atoms with E-state index < -0.39 is 0 Å². The van der Waals surface area contributed by atoms with Crippen molar-refractivity contribution in [3.8, 4) is 0 Å². The molecule has 0 amide bonds. The molecule has 1 nitrogen and oxygen atoms in total. The quantitative estimate of drug-likeness (QED) is 0.492. The second-order valence-corrected chi connectivity index (χ2v) is 5.54. The predicted octanol–water partition coefficient (Wildman–Crippen LogP) is 4.40. The molecule has 0 saturated heterocycles. The van der Waals surface area contributed by atoms with E-state index in [9.17, 15) is 0 Å². The van der Waals surface area contributed by atoms with E-state index in [1.807, 2.05) is 0 Å². The van der Waals surface area contributed by atoms with E-state index in [0.717, 1.165) is 5.57 Å². The molecule has 1 aliphatic carbocycles. The summed E-state index contributed by atoms with van der Waals surface area (Å²) in [6.45, 7) is 15.0. The molecule has 0 aromatic heterocycles. The van der Waals surface area contributed by atoms with Crippen molar-refractivity contribution in [1.29, 1.82) is 0 Å². The molecule has 0 aromatic rings. The van der Waals surface area contributed by atoms with Gasteiger partial charge in [-0.05, 0) is 44.1 Å². The van der Waals surface area contributed by atoms with Crippen molar-refractivity contribution in [1.82, 2.24) is 0 Å². The Hall–Kier alpha value is -0.850. The maximum atomic E-state index is 4.98. The van der Waals surface area contributed by atoms with Gasteiger partial charge >= 0.3 is 0 Å². The largest absolute Gasteiger partial charge is 0.278 e. The lowest BCUT2D eigenvalue weighted by molar-refractivity contribution is 0.353. The fraction of sp³-hybridized carbons (Fsp3) is 0.667. The van der Waals surface area contributed by atoms with Gasteiger partial charge in [0.25, 0.3) is 0 Å². The molecule has 1 rings (SSSR count). The summed E-state index contributed by atoms with van der Waals surface area (Å²) in [5.74, 6) is 1.07. The van der Waals surface area contributed by atoms with Crippen LogP contribution >= 0.6 is 0 Å². The third kappa shape index (κ3) is 2.84. The summed E-state index contributed by atoms with van der Waals surface area (Å²) in [5, 5.41) is 0. The third-order valence-corrected chi connectivity index (χ3v) is 3.56. The summed E-state index contributed by atoms with van der Waals surface area (Å²) in [7, 11) is 0. The van der Waals surface area contributed by atoms with Crippen LogP contribution in [-0.4, -0.2) is 11.3 Å². The minimum absolute atomic E-state index is 0.0309. The van der Waals surface area contributed by atoms with Crippen molar-refractivity contribution in [3.63, 3.8) is 0 Å². The molecule has 0 fully saturated rings. The number of aliphatic imine (C=N–C) groups is 1. The van der Waals surface area contributed by atoms with E-state index >= 15 is 0 Å². The smallest absolute Gasteiger partial charge is 0.0788 e. The molecule has 2 unspecified atom stereocenters. The van der Waals surface area contributed by atoms with E-state index in [1.165, 1.54) is 18.6 Å². The summed E-state index contributed by atoms with van der Waals surface area (Å²) >= 11 is 0. The van der Waals surface area contributed by atoms with Crippen molar-refractivity contribution < 1.29 is 0 Å². The fourth-order valence-electron chi connectivity index (χ4n) is 2.25. The molecule has 0 radical (unpaired) electrons. The number of hydrogen-bond donors (Lipinski definition) is 0. The minimum atomic E-state index is -0.0309. The molecular formula is C15H25N. The maximum absolute atomic E-state index is 4.98. The molecule has 0 aliphatic heterocycles. The highest BCUT2D eigenvalue weighted by atomic mass is 14.9. The second kappa shape index (κ2) is 4.99. The average Bonchev–Trinajstić information content (AvgIpc) is 2.19. The molecule has 16 heavy (non-hydrogen) atoms. The van der Waals surface area contributed by atoms with Crippen LogP contribution in [-0.2, 0) is 0 Å². The Kier molecular flexibility index (Phi) is 4.12. The van der Waals surface area contributed by atoms with Gasteiger partial charge in [0.15, 0.2) is 0 Å². The van der Waals surface area contributed by atoms with Crippen LogP contribution in [0.3, 0.4) is 0 Å². The van der Waals surface area contributed by atoms with Crippen LogP contribution in [0.25, 0.3) is 0 Å². The van der Waals surface area contributed by atoms with E-state index in [2.05, 4.69) is 53.3 Å². The lowest BCUT2D eigenvalue weighted by Gasteiger charge is -2.33. The number of nitrogens with zero attached hydrogens (tertiary/aromatic N) is 1. The van der Waals surface area contributed by atoms with Crippen LogP contribution in [0.15, 0.2) is 29.3 Å². The van der Waals surface area contributed by atoms with E-state index in [4.69, 9.17) is 4.99 Å². The lowest BCUT2D eigenvalue weighted by Crippen LogP contribution is -2.33. The van der Waals surface area contributed by atoms with Crippen molar-refractivity contribution in [2.75, 3.05) is 0 Å². The Morgan fingerprint density at radius 2 is 2.12 bits per heavy atom. The van der Waals surface area contributed by atoms with Crippen LogP contribution < -0.4 is 0 Å². The minimum Gasteiger partial charge on any atom is -0.278 e. The Morgan fingerprint density at radius 3 is 2.56 bits per heavy atom. The first-order chi connectivity index (χ1) is 7.37. The topological polar surface area (TPSA) is 12.4 Å². The SMILES string of the molecule is C=C(C)C(=NC1(C)C=CCCC1C)C(C)C. The van der Waals surface area contributed by atoms with Crippen LogP contribution in [0, 0.1) is 11.8 Å². The molecule has 0 aromatic carbocycles. The highest BCUT2D eigenvalue weighted by Crippen LogP contribution is 2.32. The molecule has 0 saturated carbocycles. The van der Waals surface area contributed by atoms with Crippen molar-refractivity contribution >= 4 is 5.71 Å². The van der Waals surface area contributed by atoms with E-state index in [-0.39, 0.29) is 5.54 Å². The molecule has 0 N–H and O–H groups in total. The first-order valence-corrected chi connectivity index (χ1v) is 6.30. The van der Waals surface area contributed by atoms with Gasteiger partial charge in [-0.15, -0.1) is 0 Å². The Balaban J connectivity index is 3.07. The van der Waals surface area contributed by atoms with Gasteiger partial charge in [0.05, 0.1) is 5.54 Å².